The SMILES string of the molecule is O=S(=O)(c1ccccc1F)N(Cc1ccccc1)Cc1ccccc1Cl. The highest BCUT2D eigenvalue weighted by molar-refractivity contribution is 7.89. The summed E-state index contributed by atoms with van der Waals surface area (Å²) in [6, 6.07) is 21.6. The van der Waals surface area contributed by atoms with E-state index < -0.39 is 15.8 Å². The van der Waals surface area contributed by atoms with Crippen molar-refractivity contribution >= 4 is 21.6 Å². The largest absolute Gasteiger partial charge is 0.246 e. The fourth-order valence-corrected chi connectivity index (χ4v) is 4.29. The minimum atomic E-state index is -4.05. The zero-order chi connectivity index (χ0) is 18.6. The highest BCUT2D eigenvalue weighted by Gasteiger charge is 2.28. The van der Waals surface area contributed by atoms with Gasteiger partial charge in [0.2, 0.25) is 10.0 Å². The van der Waals surface area contributed by atoms with Crippen LogP contribution in [0.25, 0.3) is 0 Å². The Labute approximate surface area is 157 Å². The first kappa shape index (κ1) is 18.6. The van der Waals surface area contributed by atoms with Crippen molar-refractivity contribution in [2.75, 3.05) is 0 Å². The van der Waals surface area contributed by atoms with E-state index in [4.69, 9.17) is 11.6 Å². The molecule has 3 nitrogen and oxygen atoms in total. The van der Waals surface area contributed by atoms with Gasteiger partial charge < -0.3 is 0 Å². The van der Waals surface area contributed by atoms with Gasteiger partial charge in [0.1, 0.15) is 10.7 Å². The van der Waals surface area contributed by atoms with Crippen molar-refractivity contribution in [1.29, 1.82) is 0 Å². The number of benzene rings is 3. The first-order chi connectivity index (χ1) is 12.5. The van der Waals surface area contributed by atoms with Crippen LogP contribution in [-0.4, -0.2) is 12.7 Å². The van der Waals surface area contributed by atoms with Gasteiger partial charge in [0.15, 0.2) is 0 Å². The van der Waals surface area contributed by atoms with Gasteiger partial charge in [-0.15, -0.1) is 0 Å². The molecule has 26 heavy (non-hydrogen) atoms. The molecule has 0 unspecified atom stereocenters. The van der Waals surface area contributed by atoms with Crippen LogP contribution in [0.15, 0.2) is 83.8 Å². The average molecular weight is 390 g/mol. The lowest BCUT2D eigenvalue weighted by atomic mass is 10.2. The normalized spacial score (nSPS) is 11.7. The van der Waals surface area contributed by atoms with E-state index in [0.717, 1.165) is 11.6 Å². The number of nitrogens with zero attached hydrogens (tertiary/aromatic N) is 1. The Morgan fingerprint density at radius 1 is 0.808 bits per heavy atom. The van der Waals surface area contributed by atoms with Gasteiger partial charge in [0.25, 0.3) is 0 Å². The quantitative estimate of drug-likeness (QED) is 0.603. The van der Waals surface area contributed by atoms with E-state index in [9.17, 15) is 12.8 Å². The summed E-state index contributed by atoms with van der Waals surface area (Å²) >= 11 is 6.20. The first-order valence-corrected chi connectivity index (χ1v) is 9.82. The molecule has 0 bridgehead atoms. The fourth-order valence-electron chi connectivity index (χ4n) is 2.62. The number of halogens is 2. The molecule has 0 aromatic heterocycles. The molecule has 0 atom stereocenters. The molecule has 0 aliphatic rings. The van der Waals surface area contributed by atoms with E-state index in [2.05, 4.69) is 0 Å². The molecule has 3 aromatic carbocycles. The van der Waals surface area contributed by atoms with Crippen LogP contribution in [0.3, 0.4) is 0 Å². The summed E-state index contributed by atoms with van der Waals surface area (Å²) in [4.78, 5) is -0.344. The van der Waals surface area contributed by atoms with Crippen molar-refractivity contribution in [3.8, 4) is 0 Å². The molecular weight excluding hydrogens is 373 g/mol. The van der Waals surface area contributed by atoms with Gasteiger partial charge in [-0.05, 0) is 29.3 Å². The molecule has 0 amide bonds. The summed E-state index contributed by atoms with van der Waals surface area (Å²) in [6.07, 6.45) is 0. The summed E-state index contributed by atoms with van der Waals surface area (Å²) in [5.74, 6) is -0.773. The standard InChI is InChI=1S/C20H17ClFNO2S/c21-18-11-5-4-10-17(18)15-23(14-16-8-2-1-3-9-16)26(24,25)20-13-7-6-12-19(20)22/h1-13H,14-15H2. The maximum atomic E-state index is 14.2. The Bertz CT molecular complexity index is 993. The van der Waals surface area contributed by atoms with Crippen LogP contribution in [-0.2, 0) is 23.1 Å². The Kier molecular flexibility index (Phi) is 5.71. The highest BCUT2D eigenvalue weighted by Crippen LogP contribution is 2.25. The fraction of sp³-hybridized carbons (Fsp3) is 0.100. The smallest absolute Gasteiger partial charge is 0.207 e. The second-order valence-corrected chi connectivity index (χ2v) is 8.09. The molecule has 0 fully saturated rings. The van der Waals surface area contributed by atoms with Gasteiger partial charge in [0, 0.05) is 18.1 Å². The molecule has 0 N–H and O–H groups in total. The van der Waals surface area contributed by atoms with Crippen molar-refractivity contribution in [3.63, 3.8) is 0 Å². The molecule has 0 heterocycles. The number of hydrogen-bond acceptors (Lipinski definition) is 2. The average Bonchev–Trinajstić information content (AvgIpc) is 2.64. The number of sulfonamides is 1. The van der Waals surface area contributed by atoms with Crippen LogP contribution < -0.4 is 0 Å². The van der Waals surface area contributed by atoms with Gasteiger partial charge in [-0.2, -0.15) is 4.31 Å². The van der Waals surface area contributed by atoms with E-state index in [0.29, 0.717) is 10.6 Å². The summed E-state index contributed by atoms with van der Waals surface area (Å²) in [6.45, 7) is 0.161. The lowest BCUT2D eigenvalue weighted by Crippen LogP contribution is -2.31. The van der Waals surface area contributed by atoms with Crippen molar-refractivity contribution in [1.82, 2.24) is 4.31 Å². The second-order valence-electron chi connectivity index (χ2n) is 5.78. The Morgan fingerprint density at radius 3 is 2.12 bits per heavy atom. The molecule has 134 valence electrons. The van der Waals surface area contributed by atoms with Gasteiger partial charge in [-0.1, -0.05) is 72.3 Å². The van der Waals surface area contributed by atoms with E-state index in [1.165, 1.54) is 22.5 Å². The molecule has 0 radical (unpaired) electrons. The predicted molar refractivity (Wildman–Crippen MR) is 101 cm³/mol. The maximum Gasteiger partial charge on any atom is 0.246 e. The molecular formula is C20H17ClFNO2S. The molecule has 0 aliphatic carbocycles. The van der Waals surface area contributed by atoms with Crippen molar-refractivity contribution in [3.05, 3.63) is 101 Å². The van der Waals surface area contributed by atoms with Crippen molar-refractivity contribution in [2.45, 2.75) is 18.0 Å². The summed E-state index contributed by atoms with van der Waals surface area (Å²) in [7, 11) is -4.05. The Hall–Kier alpha value is -2.21. The van der Waals surface area contributed by atoms with Gasteiger partial charge in [-0.3, -0.25) is 0 Å². The number of rotatable bonds is 6. The van der Waals surface area contributed by atoms with Crippen LogP contribution in [0.2, 0.25) is 5.02 Å². The Morgan fingerprint density at radius 2 is 1.42 bits per heavy atom. The van der Waals surface area contributed by atoms with E-state index in [1.807, 2.05) is 30.3 Å². The Balaban J connectivity index is 2.02. The van der Waals surface area contributed by atoms with E-state index in [-0.39, 0.29) is 18.0 Å². The molecule has 0 saturated carbocycles. The van der Waals surface area contributed by atoms with Gasteiger partial charge in [-0.25, -0.2) is 12.8 Å². The lowest BCUT2D eigenvalue weighted by molar-refractivity contribution is 0.398. The lowest BCUT2D eigenvalue weighted by Gasteiger charge is -2.23. The molecule has 6 heteroatoms. The summed E-state index contributed by atoms with van der Waals surface area (Å²) < 4.78 is 41.6. The first-order valence-electron chi connectivity index (χ1n) is 8.00. The third-order valence-electron chi connectivity index (χ3n) is 3.96. The third-order valence-corrected chi connectivity index (χ3v) is 6.15. The minimum Gasteiger partial charge on any atom is -0.207 e. The van der Waals surface area contributed by atoms with Crippen LogP contribution in [0, 0.1) is 5.82 Å². The van der Waals surface area contributed by atoms with Crippen molar-refractivity contribution < 1.29 is 12.8 Å². The second kappa shape index (κ2) is 7.99. The van der Waals surface area contributed by atoms with Gasteiger partial charge in [0.05, 0.1) is 0 Å². The monoisotopic (exact) mass is 389 g/mol. The van der Waals surface area contributed by atoms with Crippen LogP contribution in [0.1, 0.15) is 11.1 Å². The maximum absolute atomic E-state index is 14.2. The van der Waals surface area contributed by atoms with Crippen LogP contribution in [0.5, 0.6) is 0 Å². The zero-order valence-electron chi connectivity index (χ0n) is 13.8. The van der Waals surface area contributed by atoms with E-state index >= 15 is 0 Å². The van der Waals surface area contributed by atoms with Crippen LogP contribution in [0.4, 0.5) is 4.39 Å². The third kappa shape index (κ3) is 4.12. The summed E-state index contributed by atoms with van der Waals surface area (Å²) in [5, 5.41) is 0.467. The molecule has 3 aromatic rings. The topological polar surface area (TPSA) is 37.4 Å². The molecule has 0 saturated heterocycles. The molecule has 0 aliphatic heterocycles. The highest BCUT2D eigenvalue weighted by atomic mass is 35.5. The molecule has 0 spiro atoms. The predicted octanol–water partition coefficient (Wildman–Crippen LogP) is 4.87. The van der Waals surface area contributed by atoms with Crippen molar-refractivity contribution in [2.24, 2.45) is 0 Å². The van der Waals surface area contributed by atoms with Gasteiger partial charge >= 0.3 is 0 Å². The molecule has 3 rings (SSSR count). The summed E-state index contributed by atoms with van der Waals surface area (Å²) in [5.41, 5.74) is 1.46. The zero-order valence-corrected chi connectivity index (χ0v) is 15.4. The van der Waals surface area contributed by atoms with Crippen LogP contribution >= 0.6 is 11.6 Å². The minimum absolute atomic E-state index is 0.0469. The number of hydrogen-bond donors (Lipinski definition) is 0. The van der Waals surface area contributed by atoms with E-state index in [1.54, 1.807) is 24.3 Å².